The second-order valence-electron chi connectivity index (χ2n) is 8.03. The van der Waals surface area contributed by atoms with Crippen molar-refractivity contribution in [2.45, 2.75) is 38.1 Å². The van der Waals surface area contributed by atoms with Crippen LogP contribution in [0.4, 0.5) is 0 Å². The van der Waals surface area contributed by atoms with E-state index in [9.17, 15) is 8.42 Å². The predicted octanol–water partition coefficient (Wildman–Crippen LogP) is 2.40. The smallest absolute Gasteiger partial charge is 0.282 e. The number of rotatable bonds is 4. The topological polar surface area (TPSA) is 61.9 Å². The van der Waals surface area contributed by atoms with Crippen LogP contribution in [0, 0.1) is 11.8 Å². The molecule has 2 heterocycles. The summed E-state index contributed by atoms with van der Waals surface area (Å²) in [6, 6.07) is 7.52. The first-order chi connectivity index (χ1) is 13.1. The minimum Gasteiger partial charge on any atom is -0.496 e. The molecule has 1 aromatic carbocycles. The molecule has 3 unspecified atom stereocenters. The van der Waals surface area contributed by atoms with Crippen LogP contribution in [-0.2, 0) is 10.2 Å². The molecule has 1 aromatic rings. The largest absolute Gasteiger partial charge is 0.496 e. The van der Waals surface area contributed by atoms with Crippen LogP contribution in [0.15, 0.2) is 24.3 Å². The molecule has 0 bridgehead atoms. The molecule has 7 heteroatoms. The summed E-state index contributed by atoms with van der Waals surface area (Å²) in [4.78, 5) is 0. The Hall–Kier alpha value is -1.15. The lowest BCUT2D eigenvalue weighted by Crippen LogP contribution is -2.56. The first-order valence-corrected chi connectivity index (χ1v) is 11.6. The zero-order valence-corrected chi connectivity index (χ0v) is 17.0. The quantitative estimate of drug-likeness (QED) is 0.853. The van der Waals surface area contributed by atoms with Gasteiger partial charge in [-0.2, -0.15) is 17.0 Å². The van der Waals surface area contributed by atoms with Gasteiger partial charge in [-0.05, 0) is 30.7 Å². The summed E-state index contributed by atoms with van der Waals surface area (Å²) >= 11 is 0. The lowest BCUT2D eigenvalue weighted by atomic mass is 9.76. The van der Waals surface area contributed by atoms with Gasteiger partial charge < -0.3 is 10.1 Å². The summed E-state index contributed by atoms with van der Waals surface area (Å²) in [5.74, 6) is 2.01. The third-order valence-corrected chi connectivity index (χ3v) is 8.58. The Morgan fingerprint density at radius 1 is 1.07 bits per heavy atom. The van der Waals surface area contributed by atoms with Crippen molar-refractivity contribution in [3.8, 4) is 5.75 Å². The summed E-state index contributed by atoms with van der Waals surface area (Å²) in [6.45, 7) is 3.14. The number of benzene rings is 1. The Balaban J connectivity index is 1.59. The summed E-state index contributed by atoms with van der Waals surface area (Å²) in [6.07, 6.45) is 6.01. The van der Waals surface area contributed by atoms with E-state index in [4.69, 9.17) is 4.74 Å². The molecule has 2 aliphatic heterocycles. The number of hydrogen-bond acceptors (Lipinski definition) is 4. The van der Waals surface area contributed by atoms with Crippen LogP contribution < -0.4 is 10.1 Å². The molecule has 1 saturated carbocycles. The SMILES string of the molecule is COc1ccccc1C1CNCCN1S(=O)(=O)N1CCC2CCCCC2C1. The van der Waals surface area contributed by atoms with Crippen LogP contribution >= 0.6 is 0 Å². The van der Waals surface area contributed by atoms with Crippen molar-refractivity contribution in [1.82, 2.24) is 13.9 Å². The summed E-state index contributed by atoms with van der Waals surface area (Å²) in [5, 5.41) is 3.35. The van der Waals surface area contributed by atoms with E-state index < -0.39 is 10.2 Å². The average Bonchev–Trinajstić information content (AvgIpc) is 2.73. The molecule has 1 N–H and O–H groups in total. The van der Waals surface area contributed by atoms with Crippen LogP contribution in [0.2, 0.25) is 0 Å². The Labute approximate surface area is 163 Å². The fourth-order valence-corrected chi connectivity index (χ4v) is 6.94. The Morgan fingerprint density at radius 2 is 1.85 bits per heavy atom. The number of piperazine rings is 1. The van der Waals surface area contributed by atoms with Crippen molar-refractivity contribution in [2.24, 2.45) is 11.8 Å². The molecule has 3 atom stereocenters. The molecule has 0 aromatic heterocycles. The van der Waals surface area contributed by atoms with E-state index >= 15 is 0 Å². The minimum absolute atomic E-state index is 0.232. The molecule has 2 saturated heterocycles. The Morgan fingerprint density at radius 3 is 2.67 bits per heavy atom. The van der Waals surface area contributed by atoms with Crippen molar-refractivity contribution in [1.29, 1.82) is 0 Å². The average molecular weight is 394 g/mol. The highest BCUT2D eigenvalue weighted by molar-refractivity contribution is 7.86. The molecule has 1 aliphatic carbocycles. The van der Waals surface area contributed by atoms with Crippen LogP contribution in [-0.4, -0.2) is 56.9 Å². The molecule has 27 heavy (non-hydrogen) atoms. The van der Waals surface area contributed by atoms with Crippen molar-refractivity contribution in [2.75, 3.05) is 39.8 Å². The van der Waals surface area contributed by atoms with Gasteiger partial charge in [-0.15, -0.1) is 0 Å². The van der Waals surface area contributed by atoms with Gasteiger partial charge in [0.15, 0.2) is 0 Å². The van der Waals surface area contributed by atoms with Crippen molar-refractivity contribution < 1.29 is 13.2 Å². The monoisotopic (exact) mass is 393 g/mol. The zero-order chi connectivity index (χ0) is 18.9. The van der Waals surface area contributed by atoms with Gasteiger partial charge in [-0.1, -0.05) is 37.5 Å². The van der Waals surface area contributed by atoms with E-state index in [-0.39, 0.29) is 6.04 Å². The molecule has 0 amide bonds. The summed E-state index contributed by atoms with van der Waals surface area (Å²) in [7, 11) is -1.85. The van der Waals surface area contributed by atoms with Gasteiger partial charge in [0.1, 0.15) is 5.75 Å². The molecule has 0 radical (unpaired) electrons. The molecular formula is C20H31N3O3S. The van der Waals surface area contributed by atoms with Gasteiger partial charge in [0.25, 0.3) is 10.2 Å². The van der Waals surface area contributed by atoms with Gasteiger partial charge in [-0.3, -0.25) is 0 Å². The van der Waals surface area contributed by atoms with Crippen LogP contribution in [0.1, 0.15) is 43.7 Å². The molecule has 150 valence electrons. The van der Waals surface area contributed by atoms with E-state index in [1.54, 1.807) is 15.7 Å². The standard InChI is InChI=1S/C20H31N3O3S/c1-26-20-9-5-4-8-18(20)19-14-21-11-13-23(19)27(24,25)22-12-10-16-6-2-3-7-17(16)15-22/h4-5,8-9,16-17,19,21H,2-3,6-7,10-15H2,1H3. The van der Waals surface area contributed by atoms with E-state index in [1.165, 1.54) is 25.7 Å². The number of nitrogens with one attached hydrogen (secondary N) is 1. The molecular weight excluding hydrogens is 362 g/mol. The number of para-hydroxylation sites is 1. The van der Waals surface area contributed by atoms with Crippen LogP contribution in [0.5, 0.6) is 5.75 Å². The second kappa shape index (κ2) is 8.07. The van der Waals surface area contributed by atoms with Crippen LogP contribution in [0.25, 0.3) is 0 Å². The van der Waals surface area contributed by atoms with E-state index in [0.717, 1.165) is 23.7 Å². The Kier molecular flexibility index (Phi) is 5.73. The minimum atomic E-state index is -3.49. The fraction of sp³-hybridized carbons (Fsp3) is 0.700. The molecule has 3 fully saturated rings. The van der Waals surface area contributed by atoms with Crippen molar-refractivity contribution >= 4 is 10.2 Å². The number of fused-ring (bicyclic) bond motifs is 1. The number of methoxy groups -OCH3 is 1. The highest BCUT2D eigenvalue weighted by Crippen LogP contribution is 2.39. The molecule has 3 aliphatic rings. The fourth-order valence-electron chi connectivity index (χ4n) is 5.09. The third-order valence-electron chi connectivity index (χ3n) is 6.57. The molecule has 6 nitrogen and oxygen atoms in total. The van der Waals surface area contributed by atoms with Crippen molar-refractivity contribution in [3.05, 3.63) is 29.8 Å². The molecule has 4 rings (SSSR count). The first kappa shape index (κ1) is 19.2. The highest BCUT2D eigenvalue weighted by Gasteiger charge is 2.42. The van der Waals surface area contributed by atoms with Gasteiger partial charge in [-0.25, -0.2) is 0 Å². The normalized spacial score (nSPS) is 30.6. The first-order valence-electron chi connectivity index (χ1n) is 10.2. The highest BCUT2D eigenvalue weighted by atomic mass is 32.2. The van der Waals surface area contributed by atoms with Gasteiger partial charge in [0.05, 0.1) is 13.2 Å². The van der Waals surface area contributed by atoms with Crippen LogP contribution in [0.3, 0.4) is 0 Å². The van der Waals surface area contributed by atoms with Crippen molar-refractivity contribution in [3.63, 3.8) is 0 Å². The maximum absolute atomic E-state index is 13.6. The van der Waals surface area contributed by atoms with Gasteiger partial charge in [0, 0.05) is 38.3 Å². The number of nitrogens with zero attached hydrogens (tertiary/aromatic N) is 2. The van der Waals surface area contributed by atoms with Gasteiger partial charge in [0.2, 0.25) is 0 Å². The summed E-state index contributed by atoms with van der Waals surface area (Å²) < 4.78 is 36.1. The maximum atomic E-state index is 13.6. The predicted molar refractivity (Wildman–Crippen MR) is 106 cm³/mol. The number of ether oxygens (including phenoxy) is 1. The maximum Gasteiger partial charge on any atom is 0.282 e. The third kappa shape index (κ3) is 3.75. The zero-order valence-electron chi connectivity index (χ0n) is 16.1. The lowest BCUT2D eigenvalue weighted by molar-refractivity contribution is 0.127. The van der Waals surface area contributed by atoms with E-state index in [1.807, 2.05) is 24.3 Å². The van der Waals surface area contributed by atoms with E-state index in [0.29, 0.717) is 38.6 Å². The lowest BCUT2D eigenvalue weighted by Gasteiger charge is -2.44. The number of hydrogen-bond donors (Lipinski definition) is 1. The number of piperidine rings is 1. The van der Waals surface area contributed by atoms with E-state index in [2.05, 4.69) is 5.32 Å². The second-order valence-corrected chi connectivity index (χ2v) is 9.91. The molecule has 0 spiro atoms. The Bertz CT molecular complexity index is 755. The van der Waals surface area contributed by atoms with Gasteiger partial charge >= 0.3 is 0 Å². The summed E-state index contributed by atoms with van der Waals surface area (Å²) in [5.41, 5.74) is 0.934.